The molecule has 2 saturated heterocycles. The van der Waals surface area contributed by atoms with E-state index in [0.717, 1.165) is 70.0 Å². The van der Waals surface area contributed by atoms with Crippen LogP contribution < -0.4 is 9.64 Å². The van der Waals surface area contributed by atoms with Crippen molar-refractivity contribution in [2.75, 3.05) is 50.7 Å². The maximum atomic E-state index is 12.0. The Labute approximate surface area is 179 Å². The number of benzene rings is 1. The molecule has 0 radical (unpaired) electrons. The molecule has 3 aliphatic rings. The summed E-state index contributed by atoms with van der Waals surface area (Å²) in [5.41, 5.74) is 2.19. The third kappa shape index (κ3) is 5.25. The minimum absolute atomic E-state index is 0.100. The number of oxime groups is 1. The summed E-state index contributed by atoms with van der Waals surface area (Å²) >= 11 is 0. The van der Waals surface area contributed by atoms with Gasteiger partial charge in [-0.05, 0) is 38.8 Å². The fourth-order valence-electron chi connectivity index (χ4n) is 4.46. The van der Waals surface area contributed by atoms with Crippen LogP contribution in [0.4, 0.5) is 5.69 Å². The lowest BCUT2D eigenvalue weighted by Gasteiger charge is -2.37. The summed E-state index contributed by atoms with van der Waals surface area (Å²) in [4.78, 5) is 24.5. The van der Waals surface area contributed by atoms with Gasteiger partial charge in [0.05, 0.1) is 24.0 Å². The smallest absolute Gasteiger partial charge is 0.222 e. The van der Waals surface area contributed by atoms with Gasteiger partial charge < -0.3 is 19.4 Å². The zero-order chi connectivity index (χ0) is 20.9. The molecule has 7 heteroatoms. The van der Waals surface area contributed by atoms with Gasteiger partial charge in [0.25, 0.3) is 0 Å². The molecule has 0 N–H and O–H groups in total. The molecule has 7 nitrogen and oxygen atoms in total. The first-order chi connectivity index (χ1) is 14.6. The summed E-state index contributed by atoms with van der Waals surface area (Å²) in [5, 5.41) is 4.28. The second kappa shape index (κ2) is 9.69. The van der Waals surface area contributed by atoms with Gasteiger partial charge in [-0.2, -0.15) is 0 Å². The van der Waals surface area contributed by atoms with E-state index in [9.17, 15) is 4.79 Å². The van der Waals surface area contributed by atoms with Crippen molar-refractivity contribution in [2.45, 2.75) is 51.7 Å². The second-order valence-corrected chi connectivity index (χ2v) is 8.78. The fraction of sp³-hybridized carbons (Fsp3) is 0.652. The minimum atomic E-state index is 0.100. The Morgan fingerprint density at radius 1 is 1.13 bits per heavy atom. The van der Waals surface area contributed by atoms with Gasteiger partial charge in [0, 0.05) is 52.1 Å². The van der Waals surface area contributed by atoms with Crippen LogP contribution in [0.2, 0.25) is 0 Å². The number of para-hydroxylation sites is 2. The van der Waals surface area contributed by atoms with Crippen molar-refractivity contribution in [1.82, 2.24) is 9.80 Å². The molecule has 0 unspecified atom stereocenters. The van der Waals surface area contributed by atoms with Gasteiger partial charge in [0.2, 0.25) is 5.91 Å². The number of carbonyl (C=O) groups is 1. The van der Waals surface area contributed by atoms with Gasteiger partial charge >= 0.3 is 0 Å². The molecular weight excluding hydrogens is 380 g/mol. The SMILES string of the molecule is CC(C)Oc1ccccc1N1CCN(C[C@@H]2CC(CN3CCCCC3=O)=NO2)CC1. The van der Waals surface area contributed by atoms with Crippen molar-refractivity contribution >= 4 is 17.3 Å². The Balaban J connectivity index is 1.23. The lowest BCUT2D eigenvalue weighted by Crippen LogP contribution is -2.48. The predicted octanol–water partition coefficient (Wildman–Crippen LogP) is 2.75. The molecule has 0 aliphatic carbocycles. The number of rotatable bonds is 7. The monoisotopic (exact) mass is 414 g/mol. The minimum Gasteiger partial charge on any atom is -0.489 e. The van der Waals surface area contributed by atoms with Crippen LogP contribution in [0.25, 0.3) is 0 Å². The van der Waals surface area contributed by atoms with Crippen LogP contribution in [0, 0.1) is 0 Å². The topological polar surface area (TPSA) is 57.6 Å². The Hall–Kier alpha value is -2.28. The first kappa shape index (κ1) is 21.0. The highest BCUT2D eigenvalue weighted by Crippen LogP contribution is 2.30. The van der Waals surface area contributed by atoms with E-state index < -0.39 is 0 Å². The number of hydrogen-bond acceptors (Lipinski definition) is 6. The lowest BCUT2D eigenvalue weighted by atomic mass is 10.1. The number of carbonyl (C=O) groups excluding carboxylic acids is 1. The van der Waals surface area contributed by atoms with E-state index in [4.69, 9.17) is 9.57 Å². The Morgan fingerprint density at radius 2 is 1.93 bits per heavy atom. The molecule has 0 aromatic heterocycles. The largest absolute Gasteiger partial charge is 0.489 e. The molecule has 1 amide bonds. The molecule has 2 fully saturated rings. The Bertz CT molecular complexity index is 759. The van der Waals surface area contributed by atoms with Crippen molar-refractivity contribution in [3.63, 3.8) is 0 Å². The predicted molar refractivity (Wildman–Crippen MR) is 118 cm³/mol. The third-order valence-corrected chi connectivity index (χ3v) is 5.99. The van der Waals surface area contributed by atoms with Gasteiger partial charge in [-0.3, -0.25) is 9.69 Å². The molecule has 0 bridgehead atoms. The van der Waals surface area contributed by atoms with E-state index in [1.54, 1.807) is 0 Å². The number of ether oxygens (including phenoxy) is 1. The van der Waals surface area contributed by atoms with E-state index in [0.29, 0.717) is 13.0 Å². The van der Waals surface area contributed by atoms with Gasteiger partial charge in [-0.25, -0.2) is 0 Å². The number of piperazine rings is 1. The first-order valence-electron chi connectivity index (χ1n) is 11.3. The average Bonchev–Trinajstić information content (AvgIpc) is 3.17. The maximum absolute atomic E-state index is 12.0. The van der Waals surface area contributed by atoms with Gasteiger partial charge in [0.15, 0.2) is 0 Å². The van der Waals surface area contributed by atoms with E-state index in [1.165, 1.54) is 5.69 Å². The molecule has 3 heterocycles. The summed E-state index contributed by atoms with van der Waals surface area (Å²) < 4.78 is 6.00. The van der Waals surface area contributed by atoms with Crippen molar-refractivity contribution in [3.05, 3.63) is 24.3 Å². The highest BCUT2D eigenvalue weighted by atomic mass is 16.6. The standard InChI is InChI=1S/C23H34N4O3/c1-18(2)29-22-8-4-3-7-21(22)26-13-11-25(12-14-26)17-20-15-19(24-30-20)16-27-10-6-5-9-23(27)28/h3-4,7-8,18,20H,5-6,9-17H2,1-2H3/t20-/m0/s1. The number of likely N-dealkylation sites (tertiary alicyclic amines) is 1. The number of hydrogen-bond donors (Lipinski definition) is 0. The summed E-state index contributed by atoms with van der Waals surface area (Å²) in [7, 11) is 0. The first-order valence-corrected chi connectivity index (χ1v) is 11.3. The molecule has 30 heavy (non-hydrogen) atoms. The molecule has 4 rings (SSSR count). The quantitative estimate of drug-likeness (QED) is 0.687. The molecular formula is C23H34N4O3. The third-order valence-electron chi connectivity index (χ3n) is 5.99. The number of amides is 1. The zero-order valence-corrected chi connectivity index (χ0v) is 18.3. The van der Waals surface area contributed by atoms with Gasteiger partial charge in [0.1, 0.15) is 11.9 Å². The van der Waals surface area contributed by atoms with Crippen molar-refractivity contribution in [2.24, 2.45) is 5.16 Å². The fourth-order valence-corrected chi connectivity index (χ4v) is 4.46. The molecule has 1 aromatic carbocycles. The number of piperidine rings is 1. The molecule has 164 valence electrons. The normalized spacial score (nSPS) is 23.0. The Kier molecular flexibility index (Phi) is 6.77. The highest BCUT2D eigenvalue weighted by Gasteiger charge is 2.29. The lowest BCUT2D eigenvalue weighted by molar-refractivity contribution is -0.132. The van der Waals surface area contributed by atoms with E-state index >= 15 is 0 Å². The van der Waals surface area contributed by atoms with E-state index in [2.05, 4.69) is 47.0 Å². The molecule has 1 atom stereocenters. The van der Waals surface area contributed by atoms with Crippen LogP contribution in [-0.4, -0.2) is 79.4 Å². The number of nitrogens with zero attached hydrogens (tertiary/aromatic N) is 4. The summed E-state index contributed by atoms with van der Waals surface area (Å²) in [6, 6.07) is 8.31. The van der Waals surface area contributed by atoms with Gasteiger partial charge in [-0.15, -0.1) is 0 Å². The van der Waals surface area contributed by atoms with Crippen LogP contribution >= 0.6 is 0 Å². The average molecular weight is 415 g/mol. The maximum Gasteiger partial charge on any atom is 0.222 e. The second-order valence-electron chi connectivity index (χ2n) is 8.78. The van der Waals surface area contributed by atoms with Gasteiger partial charge in [-0.1, -0.05) is 17.3 Å². The molecule has 1 aromatic rings. The van der Waals surface area contributed by atoms with Crippen molar-refractivity contribution < 1.29 is 14.4 Å². The van der Waals surface area contributed by atoms with E-state index in [1.807, 2.05) is 11.0 Å². The van der Waals surface area contributed by atoms with Crippen molar-refractivity contribution in [3.8, 4) is 5.75 Å². The van der Waals surface area contributed by atoms with Crippen LogP contribution in [0.1, 0.15) is 39.5 Å². The van der Waals surface area contributed by atoms with Crippen LogP contribution in [0.15, 0.2) is 29.4 Å². The van der Waals surface area contributed by atoms with Crippen molar-refractivity contribution in [1.29, 1.82) is 0 Å². The summed E-state index contributed by atoms with van der Waals surface area (Å²) in [6.45, 7) is 10.4. The number of anilines is 1. The summed E-state index contributed by atoms with van der Waals surface area (Å²) in [5.74, 6) is 1.22. The summed E-state index contributed by atoms with van der Waals surface area (Å²) in [6.07, 6.45) is 3.88. The van der Waals surface area contributed by atoms with E-state index in [-0.39, 0.29) is 18.1 Å². The highest BCUT2D eigenvalue weighted by molar-refractivity contribution is 5.91. The van der Waals surface area contributed by atoms with Crippen LogP contribution in [0.5, 0.6) is 5.75 Å². The van der Waals surface area contributed by atoms with Crippen LogP contribution in [0.3, 0.4) is 0 Å². The molecule has 3 aliphatic heterocycles. The van der Waals surface area contributed by atoms with Crippen LogP contribution in [-0.2, 0) is 9.63 Å². The molecule has 0 spiro atoms. The molecule has 0 saturated carbocycles. The zero-order valence-electron chi connectivity index (χ0n) is 18.3. The Morgan fingerprint density at radius 3 is 2.70 bits per heavy atom.